The summed E-state index contributed by atoms with van der Waals surface area (Å²) < 4.78 is 27.0. The average Bonchev–Trinajstić information content (AvgIpc) is 2.48. The van der Waals surface area contributed by atoms with Gasteiger partial charge in [0.05, 0.1) is 11.5 Å². The van der Waals surface area contributed by atoms with Gasteiger partial charge in [0, 0.05) is 11.7 Å². The van der Waals surface area contributed by atoms with Gasteiger partial charge in [0.1, 0.15) is 0 Å². The second-order valence-electron chi connectivity index (χ2n) is 4.76. The third-order valence-corrected chi connectivity index (χ3v) is 4.59. The summed E-state index contributed by atoms with van der Waals surface area (Å²) in [5.74, 6) is 0. The standard InChI is InChI=1S/C15H18N2O3S/c16-13-6-8-15(9-7-13)21(19,20)17-14(11-18)10-12-4-2-1-3-5-12/h1-9,14,17-18H,10-11,16H2/t14-/m1/s1. The lowest BCUT2D eigenvalue weighted by molar-refractivity contribution is 0.256. The highest BCUT2D eigenvalue weighted by molar-refractivity contribution is 7.89. The molecule has 0 fully saturated rings. The molecule has 0 bridgehead atoms. The second kappa shape index (κ2) is 6.71. The van der Waals surface area contributed by atoms with E-state index in [2.05, 4.69) is 4.72 Å². The summed E-state index contributed by atoms with van der Waals surface area (Å²) in [5, 5.41) is 9.39. The van der Waals surface area contributed by atoms with Crippen LogP contribution in [0, 0.1) is 0 Å². The molecule has 0 heterocycles. The summed E-state index contributed by atoms with van der Waals surface area (Å²) in [6, 6.07) is 14.8. The molecule has 0 saturated heterocycles. The van der Waals surface area contributed by atoms with Crippen molar-refractivity contribution < 1.29 is 13.5 Å². The lowest BCUT2D eigenvalue weighted by atomic mass is 10.1. The van der Waals surface area contributed by atoms with Gasteiger partial charge in [0.15, 0.2) is 0 Å². The summed E-state index contributed by atoms with van der Waals surface area (Å²) >= 11 is 0. The zero-order valence-corrected chi connectivity index (χ0v) is 12.3. The molecule has 0 aliphatic heterocycles. The molecule has 21 heavy (non-hydrogen) atoms. The van der Waals surface area contributed by atoms with Crippen LogP contribution in [0.25, 0.3) is 0 Å². The molecular formula is C15H18N2O3S. The van der Waals surface area contributed by atoms with Crippen molar-refractivity contribution >= 4 is 15.7 Å². The van der Waals surface area contributed by atoms with Crippen LogP contribution in [0.15, 0.2) is 59.5 Å². The van der Waals surface area contributed by atoms with E-state index in [0.29, 0.717) is 12.1 Å². The van der Waals surface area contributed by atoms with E-state index in [1.807, 2.05) is 30.3 Å². The first-order chi connectivity index (χ1) is 10.0. The maximum absolute atomic E-state index is 12.2. The van der Waals surface area contributed by atoms with Gasteiger partial charge in [0.2, 0.25) is 10.0 Å². The van der Waals surface area contributed by atoms with Crippen LogP contribution in [0.1, 0.15) is 5.56 Å². The van der Waals surface area contributed by atoms with Gasteiger partial charge < -0.3 is 10.8 Å². The van der Waals surface area contributed by atoms with Crippen LogP contribution in [0.3, 0.4) is 0 Å². The quantitative estimate of drug-likeness (QED) is 0.698. The molecule has 2 aromatic carbocycles. The number of sulfonamides is 1. The molecule has 0 saturated carbocycles. The SMILES string of the molecule is Nc1ccc(S(=O)(=O)N[C@@H](CO)Cc2ccccc2)cc1. The van der Waals surface area contributed by atoms with Gasteiger partial charge in [-0.05, 0) is 36.2 Å². The number of benzene rings is 2. The van der Waals surface area contributed by atoms with Gasteiger partial charge in [0.25, 0.3) is 0 Å². The smallest absolute Gasteiger partial charge is 0.240 e. The first-order valence-electron chi connectivity index (χ1n) is 6.54. The molecule has 0 aliphatic carbocycles. The van der Waals surface area contributed by atoms with Gasteiger partial charge in [-0.15, -0.1) is 0 Å². The van der Waals surface area contributed by atoms with E-state index in [4.69, 9.17) is 5.73 Å². The maximum atomic E-state index is 12.2. The average molecular weight is 306 g/mol. The first-order valence-corrected chi connectivity index (χ1v) is 8.02. The summed E-state index contributed by atoms with van der Waals surface area (Å²) in [4.78, 5) is 0.128. The Morgan fingerprint density at radius 3 is 2.24 bits per heavy atom. The molecule has 1 atom stereocenters. The summed E-state index contributed by atoms with van der Waals surface area (Å²) in [5.41, 5.74) is 7.00. The summed E-state index contributed by atoms with van der Waals surface area (Å²) in [7, 11) is -3.67. The monoisotopic (exact) mass is 306 g/mol. The van der Waals surface area contributed by atoms with E-state index in [-0.39, 0.29) is 11.5 Å². The van der Waals surface area contributed by atoms with Crippen molar-refractivity contribution in [1.82, 2.24) is 4.72 Å². The van der Waals surface area contributed by atoms with E-state index in [9.17, 15) is 13.5 Å². The largest absolute Gasteiger partial charge is 0.399 e. The van der Waals surface area contributed by atoms with Gasteiger partial charge in [-0.2, -0.15) is 0 Å². The van der Waals surface area contributed by atoms with Crippen LogP contribution < -0.4 is 10.5 Å². The number of hydrogen-bond acceptors (Lipinski definition) is 4. The maximum Gasteiger partial charge on any atom is 0.240 e. The molecule has 112 valence electrons. The molecule has 4 N–H and O–H groups in total. The number of hydrogen-bond donors (Lipinski definition) is 3. The van der Waals surface area contributed by atoms with Crippen molar-refractivity contribution in [3.8, 4) is 0 Å². The van der Waals surface area contributed by atoms with Crippen LogP contribution in [-0.4, -0.2) is 26.2 Å². The molecule has 0 amide bonds. The minimum Gasteiger partial charge on any atom is -0.399 e. The number of rotatable bonds is 6. The molecule has 0 spiro atoms. The molecule has 0 aromatic heterocycles. The summed E-state index contributed by atoms with van der Waals surface area (Å²) in [6.07, 6.45) is 0.422. The van der Waals surface area contributed by atoms with Crippen LogP contribution in [0.2, 0.25) is 0 Å². The van der Waals surface area contributed by atoms with Crippen molar-refractivity contribution in [3.05, 3.63) is 60.2 Å². The van der Waals surface area contributed by atoms with E-state index < -0.39 is 16.1 Å². The number of nitrogens with one attached hydrogen (secondary N) is 1. The third kappa shape index (κ3) is 4.29. The minimum absolute atomic E-state index is 0.128. The van der Waals surface area contributed by atoms with Gasteiger partial charge in [-0.1, -0.05) is 30.3 Å². The normalized spacial score (nSPS) is 13.0. The van der Waals surface area contributed by atoms with E-state index in [1.165, 1.54) is 24.3 Å². The van der Waals surface area contributed by atoms with Crippen LogP contribution >= 0.6 is 0 Å². The number of aliphatic hydroxyl groups is 1. The fraction of sp³-hybridized carbons (Fsp3) is 0.200. The Labute approximate surface area is 124 Å². The number of nitrogen functional groups attached to an aromatic ring is 1. The topological polar surface area (TPSA) is 92.4 Å². The third-order valence-electron chi connectivity index (χ3n) is 3.06. The Bertz CT molecular complexity index is 670. The molecular weight excluding hydrogens is 288 g/mol. The van der Waals surface area contributed by atoms with Crippen molar-refractivity contribution in [2.45, 2.75) is 17.4 Å². The Balaban J connectivity index is 2.12. The highest BCUT2D eigenvalue weighted by Crippen LogP contribution is 2.13. The van der Waals surface area contributed by atoms with Crippen molar-refractivity contribution in [1.29, 1.82) is 0 Å². The first kappa shape index (κ1) is 15.5. The van der Waals surface area contributed by atoms with E-state index in [0.717, 1.165) is 5.56 Å². The minimum atomic E-state index is -3.67. The van der Waals surface area contributed by atoms with Gasteiger partial charge in [-0.25, -0.2) is 13.1 Å². The predicted octanol–water partition coefficient (Wildman–Crippen LogP) is 1.15. The Morgan fingerprint density at radius 1 is 1.05 bits per heavy atom. The van der Waals surface area contributed by atoms with E-state index >= 15 is 0 Å². The fourth-order valence-corrected chi connectivity index (χ4v) is 3.20. The summed E-state index contributed by atoms with van der Waals surface area (Å²) in [6.45, 7) is -0.275. The van der Waals surface area contributed by atoms with Crippen molar-refractivity contribution in [3.63, 3.8) is 0 Å². The number of aliphatic hydroxyl groups excluding tert-OH is 1. The predicted molar refractivity (Wildman–Crippen MR) is 82.2 cm³/mol. The highest BCUT2D eigenvalue weighted by Gasteiger charge is 2.19. The van der Waals surface area contributed by atoms with Crippen LogP contribution in [0.5, 0.6) is 0 Å². The highest BCUT2D eigenvalue weighted by atomic mass is 32.2. The molecule has 5 nitrogen and oxygen atoms in total. The zero-order chi connectivity index (χ0) is 15.3. The Morgan fingerprint density at radius 2 is 1.67 bits per heavy atom. The van der Waals surface area contributed by atoms with Crippen molar-refractivity contribution in [2.24, 2.45) is 0 Å². The lowest BCUT2D eigenvalue weighted by Crippen LogP contribution is -2.39. The second-order valence-corrected chi connectivity index (χ2v) is 6.47. The number of nitrogens with two attached hydrogens (primary N) is 1. The molecule has 0 radical (unpaired) electrons. The van der Waals surface area contributed by atoms with Gasteiger partial charge >= 0.3 is 0 Å². The van der Waals surface area contributed by atoms with Gasteiger partial charge in [-0.3, -0.25) is 0 Å². The molecule has 0 unspecified atom stereocenters. The Hall–Kier alpha value is -1.89. The van der Waals surface area contributed by atoms with Crippen LogP contribution in [0.4, 0.5) is 5.69 Å². The van der Waals surface area contributed by atoms with E-state index in [1.54, 1.807) is 0 Å². The molecule has 2 aromatic rings. The van der Waals surface area contributed by atoms with Crippen molar-refractivity contribution in [2.75, 3.05) is 12.3 Å². The number of anilines is 1. The molecule has 0 aliphatic rings. The molecule has 2 rings (SSSR count). The zero-order valence-electron chi connectivity index (χ0n) is 11.4. The lowest BCUT2D eigenvalue weighted by Gasteiger charge is -2.16. The van der Waals surface area contributed by atoms with Crippen LogP contribution in [-0.2, 0) is 16.4 Å². The fourth-order valence-electron chi connectivity index (χ4n) is 1.98. The molecule has 6 heteroatoms. The Kier molecular flexibility index (Phi) is 4.95.